The lowest BCUT2D eigenvalue weighted by atomic mass is 9.42. The maximum atomic E-state index is 13.0. The van der Waals surface area contributed by atoms with Crippen molar-refractivity contribution in [1.82, 2.24) is 0 Å². The molecule has 4 fully saturated rings. The van der Waals surface area contributed by atoms with Crippen molar-refractivity contribution >= 4 is 5.78 Å². The Morgan fingerprint density at radius 3 is 2.38 bits per heavy atom. The molecule has 0 spiro atoms. The fourth-order valence-electron chi connectivity index (χ4n) is 7.54. The third-order valence-corrected chi connectivity index (χ3v) is 8.98. The van der Waals surface area contributed by atoms with E-state index in [1.165, 1.54) is 12.8 Å². The van der Waals surface area contributed by atoms with Crippen LogP contribution in [0.1, 0.15) is 78.6 Å². The number of carbonyl (C=O) groups excluding carboxylic acids is 1. The van der Waals surface area contributed by atoms with Crippen molar-refractivity contribution in [3.63, 3.8) is 0 Å². The first-order chi connectivity index (χ1) is 11.2. The maximum absolute atomic E-state index is 13.0. The third kappa shape index (κ3) is 2.19. The molecule has 0 aromatic carbocycles. The van der Waals surface area contributed by atoms with Crippen molar-refractivity contribution in [2.75, 3.05) is 0 Å². The van der Waals surface area contributed by atoms with E-state index >= 15 is 0 Å². The molecule has 136 valence electrons. The number of hydrogen-bond acceptors (Lipinski definition) is 3. The highest BCUT2D eigenvalue weighted by atomic mass is 16.3. The van der Waals surface area contributed by atoms with Gasteiger partial charge < -0.3 is 10.2 Å². The van der Waals surface area contributed by atoms with Gasteiger partial charge >= 0.3 is 0 Å². The highest BCUT2D eigenvalue weighted by Gasteiger charge is 2.62. The van der Waals surface area contributed by atoms with Gasteiger partial charge in [0.05, 0.1) is 6.10 Å². The molecule has 3 heteroatoms. The minimum absolute atomic E-state index is 0.0974. The summed E-state index contributed by atoms with van der Waals surface area (Å²) in [7, 11) is 0. The highest BCUT2D eigenvalue weighted by molar-refractivity contribution is 5.93. The van der Waals surface area contributed by atoms with E-state index in [0.29, 0.717) is 35.5 Å². The second kappa shape index (κ2) is 5.30. The van der Waals surface area contributed by atoms with Crippen LogP contribution in [0.5, 0.6) is 0 Å². The van der Waals surface area contributed by atoms with Gasteiger partial charge in [-0.1, -0.05) is 13.8 Å². The highest BCUT2D eigenvalue weighted by Crippen LogP contribution is 2.65. The number of ketones is 1. The van der Waals surface area contributed by atoms with Crippen LogP contribution in [-0.4, -0.2) is 27.7 Å². The summed E-state index contributed by atoms with van der Waals surface area (Å²) in [5, 5.41) is 20.6. The Bertz CT molecular complexity index is 541. The summed E-state index contributed by atoms with van der Waals surface area (Å²) in [6.07, 6.45) is 9.12. The number of hydrogen-bond donors (Lipinski definition) is 2. The number of Topliss-reactive ketones (excluding diaryl/α,β-unsaturated/α-hetero) is 1. The summed E-state index contributed by atoms with van der Waals surface area (Å²) in [5.74, 6) is 2.57. The van der Waals surface area contributed by atoms with E-state index in [-0.39, 0.29) is 17.3 Å². The Balaban J connectivity index is 1.64. The van der Waals surface area contributed by atoms with Crippen molar-refractivity contribution in [2.45, 2.75) is 90.3 Å². The van der Waals surface area contributed by atoms with Crippen molar-refractivity contribution in [2.24, 2.45) is 34.5 Å². The van der Waals surface area contributed by atoms with Gasteiger partial charge in [-0.15, -0.1) is 0 Å². The Morgan fingerprint density at radius 2 is 1.62 bits per heavy atom. The van der Waals surface area contributed by atoms with Gasteiger partial charge in [-0.05, 0) is 93.8 Å². The first kappa shape index (κ1) is 17.0. The Hall–Kier alpha value is -0.410. The molecule has 0 bridgehead atoms. The molecule has 4 aliphatic rings. The summed E-state index contributed by atoms with van der Waals surface area (Å²) < 4.78 is 0. The van der Waals surface area contributed by atoms with E-state index in [1.807, 2.05) is 0 Å². The molecule has 8 unspecified atom stereocenters. The standard InChI is InChI=1S/C21H34O3/c1-19-9-6-14(22)12-13(19)4-5-15-16(19)7-10-20(2)17(15)8-11-21(3,24)18(20)23/h13-17,22,24H,4-12H2,1-3H3. The molecule has 4 aliphatic carbocycles. The largest absolute Gasteiger partial charge is 0.393 e. The van der Waals surface area contributed by atoms with Gasteiger partial charge in [-0.2, -0.15) is 0 Å². The second-order valence-electron chi connectivity index (χ2n) is 10.2. The molecular formula is C21H34O3. The smallest absolute Gasteiger partial charge is 0.170 e. The van der Waals surface area contributed by atoms with Crippen molar-refractivity contribution in [1.29, 1.82) is 0 Å². The zero-order chi connectivity index (χ0) is 17.3. The number of aliphatic hydroxyl groups is 2. The molecule has 0 heterocycles. The number of rotatable bonds is 0. The van der Waals surface area contributed by atoms with E-state index < -0.39 is 5.60 Å². The molecule has 3 nitrogen and oxygen atoms in total. The van der Waals surface area contributed by atoms with Crippen LogP contribution >= 0.6 is 0 Å². The normalized spacial score (nSPS) is 57.7. The first-order valence-corrected chi connectivity index (χ1v) is 10.1. The molecule has 4 rings (SSSR count). The van der Waals surface area contributed by atoms with Gasteiger partial charge in [-0.3, -0.25) is 4.79 Å². The molecule has 0 aromatic heterocycles. The molecule has 4 saturated carbocycles. The quantitative estimate of drug-likeness (QED) is 0.710. The van der Waals surface area contributed by atoms with Gasteiger partial charge in [0.25, 0.3) is 0 Å². The van der Waals surface area contributed by atoms with E-state index in [1.54, 1.807) is 6.92 Å². The average molecular weight is 335 g/mol. The minimum Gasteiger partial charge on any atom is -0.393 e. The molecule has 0 aromatic rings. The lowest BCUT2D eigenvalue weighted by Gasteiger charge is -2.62. The lowest BCUT2D eigenvalue weighted by Crippen LogP contribution is -2.61. The van der Waals surface area contributed by atoms with Crippen LogP contribution in [0.25, 0.3) is 0 Å². The molecule has 0 amide bonds. The summed E-state index contributed by atoms with van der Waals surface area (Å²) >= 11 is 0. The van der Waals surface area contributed by atoms with Crippen molar-refractivity contribution < 1.29 is 15.0 Å². The SMILES string of the molecule is CC1(O)CCC2C3CCC4CC(O)CCC4(C)C3CCC2(C)C1=O. The van der Waals surface area contributed by atoms with Crippen LogP contribution < -0.4 is 0 Å². The zero-order valence-electron chi connectivity index (χ0n) is 15.6. The van der Waals surface area contributed by atoms with E-state index in [0.717, 1.165) is 38.5 Å². The topological polar surface area (TPSA) is 57.5 Å². The Kier molecular flexibility index (Phi) is 3.76. The molecule has 2 N–H and O–H groups in total. The fraction of sp³-hybridized carbons (Fsp3) is 0.952. The zero-order valence-corrected chi connectivity index (χ0v) is 15.6. The number of fused-ring (bicyclic) bond motifs is 5. The summed E-state index contributed by atoms with van der Waals surface area (Å²) in [6, 6.07) is 0. The summed E-state index contributed by atoms with van der Waals surface area (Å²) in [5.41, 5.74) is -1.08. The molecule has 8 atom stereocenters. The first-order valence-electron chi connectivity index (χ1n) is 10.1. The molecular weight excluding hydrogens is 300 g/mol. The van der Waals surface area contributed by atoms with Crippen molar-refractivity contribution in [3.8, 4) is 0 Å². The number of aliphatic hydroxyl groups excluding tert-OH is 1. The predicted octanol–water partition coefficient (Wildman–Crippen LogP) is 3.71. The van der Waals surface area contributed by atoms with Gasteiger partial charge in [0.1, 0.15) is 5.60 Å². The van der Waals surface area contributed by atoms with Gasteiger partial charge in [0, 0.05) is 5.41 Å². The van der Waals surface area contributed by atoms with Crippen LogP contribution in [0.15, 0.2) is 0 Å². The van der Waals surface area contributed by atoms with Crippen molar-refractivity contribution in [3.05, 3.63) is 0 Å². The molecule has 0 aliphatic heterocycles. The fourth-order valence-corrected chi connectivity index (χ4v) is 7.54. The lowest BCUT2D eigenvalue weighted by molar-refractivity contribution is -0.178. The predicted molar refractivity (Wildman–Crippen MR) is 93.4 cm³/mol. The van der Waals surface area contributed by atoms with Crippen LogP contribution in [0.3, 0.4) is 0 Å². The van der Waals surface area contributed by atoms with Crippen LogP contribution in [-0.2, 0) is 4.79 Å². The Labute approximate surface area is 146 Å². The van der Waals surface area contributed by atoms with Gasteiger partial charge in [0.15, 0.2) is 5.78 Å². The third-order valence-electron chi connectivity index (χ3n) is 8.98. The van der Waals surface area contributed by atoms with E-state index in [2.05, 4.69) is 13.8 Å². The summed E-state index contributed by atoms with van der Waals surface area (Å²) in [6.45, 7) is 6.34. The van der Waals surface area contributed by atoms with E-state index in [9.17, 15) is 15.0 Å². The van der Waals surface area contributed by atoms with Gasteiger partial charge in [0.2, 0.25) is 0 Å². The minimum atomic E-state index is -1.12. The van der Waals surface area contributed by atoms with Crippen LogP contribution in [0, 0.1) is 34.5 Å². The molecule has 0 radical (unpaired) electrons. The number of carbonyl (C=O) groups is 1. The average Bonchev–Trinajstić information content (AvgIpc) is 2.52. The Morgan fingerprint density at radius 1 is 0.917 bits per heavy atom. The van der Waals surface area contributed by atoms with E-state index in [4.69, 9.17) is 0 Å². The second-order valence-corrected chi connectivity index (χ2v) is 10.2. The molecule has 0 saturated heterocycles. The summed E-state index contributed by atoms with van der Waals surface area (Å²) in [4.78, 5) is 13.0. The monoisotopic (exact) mass is 334 g/mol. The van der Waals surface area contributed by atoms with Crippen LogP contribution in [0.2, 0.25) is 0 Å². The van der Waals surface area contributed by atoms with Crippen LogP contribution in [0.4, 0.5) is 0 Å². The maximum Gasteiger partial charge on any atom is 0.170 e. The molecule has 24 heavy (non-hydrogen) atoms. The van der Waals surface area contributed by atoms with Gasteiger partial charge in [-0.25, -0.2) is 0 Å².